The second kappa shape index (κ2) is 6.03. The summed E-state index contributed by atoms with van der Waals surface area (Å²) in [5, 5.41) is 0. The fourth-order valence-electron chi connectivity index (χ4n) is 1.80. The van der Waals surface area contributed by atoms with Crippen molar-refractivity contribution in [3.05, 3.63) is 64.1 Å². The van der Waals surface area contributed by atoms with Crippen LogP contribution in [-0.2, 0) is 11.3 Å². The number of rotatable bonds is 4. The van der Waals surface area contributed by atoms with E-state index in [9.17, 15) is 0 Å². The number of hydrogen-bond donors (Lipinski definition) is 1. The normalized spacial score (nSPS) is 12.3. The van der Waals surface area contributed by atoms with Gasteiger partial charge in [0.1, 0.15) is 0 Å². The van der Waals surface area contributed by atoms with Crippen molar-refractivity contribution in [3.63, 3.8) is 0 Å². The molecule has 2 N–H and O–H groups in total. The summed E-state index contributed by atoms with van der Waals surface area (Å²) >= 11 is 3.43. The zero-order valence-electron chi connectivity index (χ0n) is 10.3. The highest BCUT2D eigenvalue weighted by Gasteiger charge is 2.05. The summed E-state index contributed by atoms with van der Waals surface area (Å²) in [6.45, 7) is 2.61. The third kappa shape index (κ3) is 3.59. The molecule has 0 fully saturated rings. The summed E-state index contributed by atoms with van der Waals surface area (Å²) in [7, 11) is 0. The quantitative estimate of drug-likeness (QED) is 0.854. The molecule has 0 aliphatic carbocycles. The van der Waals surface area contributed by atoms with Crippen molar-refractivity contribution in [3.8, 4) is 0 Å². The number of nitrogen functional groups attached to an aromatic ring is 1. The number of halogens is 1. The van der Waals surface area contributed by atoms with Crippen LogP contribution in [-0.4, -0.2) is 0 Å². The highest BCUT2D eigenvalue weighted by Crippen LogP contribution is 2.21. The fourth-order valence-corrected chi connectivity index (χ4v) is 2.36. The minimum atomic E-state index is 0.0754. The molecule has 0 radical (unpaired) electrons. The Hall–Kier alpha value is -1.32. The van der Waals surface area contributed by atoms with Crippen LogP contribution >= 0.6 is 15.9 Å². The lowest BCUT2D eigenvalue weighted by Gasteiger charge is -2.14. The lowest BCUT2D eigenvalue weighted by atomic mass is 10.1. The second-order valence-corrected chi connectivity index (χ2v) is 5.17. The van der Waals surface area contributed by atoms with E-state index in [1.54, 1.807) is 0 Å². The van der Waals surface area contributed by atoms with Crippen molar-refractivity contribution in [1.82, 2.24) is 0 Å². The minimum absolute atomic E-state index is 0.0754. The van der Waals surface area contributed by atoms with Crippen molar-refractivity contribution in [2.45, 2.75) is 19.6 Å². The van der Waals surface area contributed by atoms with Gasteiger partial charge in [0.15, 0.2) is 0 Å². The maximum atomic E-state index is 5.85. The van der Waals surface area contributed by atoms with Gasteiger partial charge in [0, 0.05) is 10.2 Å². The average molecular weight is 306 g/mol. The molecule has 94 valence electrons. The Morgan fingerprint density at radius 2 is 1.89 bits per heavy atom. The number of nitrogens with two attached hydrogens (primary N) is 1. The molecule has 0 saturated carbocycles. The van der Waals surface area contributed by atoms with E-state index in [-0.39, 0.29) is 6.10 Å². The first-order chi connectivity index (χ1) is 8.65. The Labute approximate surface area is 116 Å². The molecule has 0 bridgehead atoms. The van der Waals surface area contributed by atoms with Crippen LogP contribution in [0, 0.1) is 0 Å². The smallest absolute Gasteiger partial charge is 0.0801 e. The third-order valence-corrected chi connectivity index (χ3v) is 3.21. The van der Waals surface area contributed by atoms with Gasteiger partial charge in [-0.15, -0.1) is 0 Å². The van der Waals surface area contributed by atoms with E-state index in [0.29, 0.717) is 6.61 Å². The van der Waals surface area contributed by atoms with Crippen LogP contribution in [0.2, 0.25) is 0 Å². The van der Waals surface area contributed by atoms with Gasteiger partial charge in [-0.3, -0.25) is 0 Å². The Kier molecular flexibility index (Phi) is 4.39. The molecule has 0 saturated heterocycles. The lowest BCUT2D eigenvalue weighted by Crippen LogP contribution is -2.00. The van der Waals surface area contributed by atoms with Crippen molar-refractivity contribution >= 4 is 21.6 Å². The Balaban J connectivity index is 1.99. The number of hydrogen-bond acceptors (Lipinski definition) is 2. The van der Waals surface area contributed by atoms with E-state index in [1.807, 2.05) is 36.4 Å². The van der Waals surface area contributed by atoms with Gasteiger partial charge in [0.2, 0.25) is 0 Å². The van der Waals surface area contributed by atoms with Crippen LogP contribution in [0.4, 0.5) is 5.69 Å². The van der Waals surface area contributed by atoms with E-state index >= 15 is 0 Å². The Morgan fingerprint density at radius 1 is 1.17 bits per heavy atom. The monoisotopic (exact) mass is 305 g/mol. The lowest BCUT2D eigenvalue weighted by molar-refractivity contribution is 0.0525. The second-order valence-electron chi connectivity index (χ2n) is 4.26. The summed E-state index contributed by atoms with van der Waals surface area (Å²) in [5.41, 5.74) is 8.79. The van der Waals surface area contributed by atoms with Crippen molar-refractivity contribution in [1.29, 1.82) is 0 Å². The van der Waals surface area contributed by atoms with Crippen molar-refractivity contribution in [2.75, 3.05) is 5.73 Å². The minimum Gasteiger partial charge on any atom is -0.399 e. The molecule has 2 rings (SSSR count). The predicted octanol–water partition coefficient (Wildman–Crippen LogP) is 4.31. The largest absolute Gasteiger partial charge is 0.399 e. The van der Waals surface area contributed by atoms with Crippen LogP contribution in [0.1, 0.15) is 24.2 Å². The van der Waals surface area contributed by atoms with Gasteiger partial charge in [-0.1, -0.05) is 46.3 Å². The van der Waals surface area contributed by atoms with Gasteiger partial charge < -0.3 is 10.5 Å². The van der Waals surface area contributed by atoms with Crippen LogP contribution in [0.25, 0.3) is 0 Å². The molecule has 2 aromatic carbocycles. The standard InChI is InChI=1S/C15H16BrNO/c1-11(13-5-3-2-4-6-13)18-10-12-7-14(16)9-15(17)8-12/h2-9,11H,10,17H2,1H3. The fraction of sp³-hybridized carbons (Fsp3) is 0.200. The van der Waals surface area contributed by atoms with Gasteiger partial charge in [-0.05, 0) is 36.2 Å². The SMILES string of the molecule is CC(OCc1cc(N)cc(Br)c1)c1ccccc1. The maximum absolute atomic E-state index is 5.85. The summed E-state index contributed by atoms with van der Waals surface area (Å²) < 4.78 is 6.83. The summed E-state index contributed by atoms with van der Waals surface area (Å²) in [6, 6.07) is 16.0. The Bertz CT molecular complexity index is 493. The van der Waals surface area contributed by atoms with Crippen LogP contribution < -0.4 is 5.73 Å². The highest BCUT2D eigenvalue weighted by molar-refractivity contribution is 9.10. The number of benzene rings is 2. The van der Waals surface area contributed by atoms with Gasteiger partial charge in [-0.2, -0.15) is 0 Å². The van der Waals surface area contributed by atoms with E-state index in [1.165, 1.54) is 5.56 Å². The Morgan fingerprint density at radius 3 is 2.56 bits per heavy atom. The topological polar surface area (TPSA) is 35.2 Å². The van der Waals surface area contributed by atoms with Crippen LogP contribution in [0.5, 0.6) is 0 Å². The molecule has 18 heavy (non-hydrogen) atoms. The van der Waals surface area contributed by atoms with E-state index in [2.05, 4.69) is 35.0 Å². The molecule has 0 aromatic heterocycles. The molecule has 2 nitrogen and oxygen atoms in total. The first-order valence-electron chi connectivity index (χ1n) is 5.86. The molecular weight excluding hydrogens is 290 g/mol. The molecule has 0 aliphatic heterocycles. The van der Waals surface area contributed by atoms with Crippen LogP contribution in [0.3, 0.4) is 0 Å². The molecule has 3 heteroatoms. The van der Waals surface area contributed by atoms with Crippen molar-refractivity contribution in [2.24, 2.45) is 0 Å². The summed E-state index contributed by atoms with van der Waals surface area (Å²) in [4.78, 5) is 0. The van der Waals surface area contributed by atoms with Gasteiger partial charge in [0.05, 0.1) is 12.7 Å². The molecule has 0 heterocycles. The molecule has 0 amide bonds. The maximum Gasteiger partial charge on any atom is 0.0801 e. The predicted molar refractivity (Wildman–Crippen MR) is 78.2 cm³/mol. The number of ether oxygens (including phenoxy) is 1. The number of anilines is 1. The highest BCUT2D eigenvalue weighted by atomic mass is 79.9. The van der Waals surface area contributed by atoms with E-state index < -0.39 is 0 Å². The molecule has 0 spiro atoms. The summed E-state index contributed by atoms with van der Waals surface area (Å²) in [5.74, 6) is 0. The molecule has 1 atom stereocenters. The molecular formula is C15H16BrNO. The average Bonchev–Trinajstić information content (AvgIpc) is 2.36. The van der Waals surface area contributed by atoms with E-state index in [0.717, 1.165) is 15.7 Å². The molecule has 1 unspecified atom stereocenters. The van der Waals surface area contributed by atoms with Gasteiger partial charge in [-0.25, -0.2) is 0 Å². The first-order valence-corrected chi connectivity index (χ1v) is 6.66. The summed E-state index contributed by atoms with van der Waals surface area (Å²) in [6.07, 6.45) is 0.0754. The van der Waals surface area contributed by atoms with E-state index in [4.69, 9.17) is 10.5 Å². The van der Waals surface area contributed by atoms with Crippen LogP contribution in [0.15, 0.2) is 53.0 Å². The van der Waals surface area contributed by atoms with Crippen molar-refractivity contribution < 1.29 is 4.74 Å². The zero-order valence-corrected chi connectivity index (χ0v) is 11.9. The van der Waals surface area contributed by atoms with Gasteiger partial charge in [0.25, 0.3) is 0 Å². The zero-order chi connectivity index (χ0) is 13.0. The molecule has 2 aromatic rings. The third-order valence-electron chi connectivity index (χ3n) is 2.75. The first kappa shape index (κ1) is 13.1. The molecule has 0 aliphatic rings. The van der Waals surface area contributed by atoms with Gasteiger partial charge >= 0.3 is 0 Å².